The molecule has 2 fully saturated rings. The number of fused-ring (bicyclic) bond motifs is 1. The van der Waals surface area contributed by atoms with Gasteiger partial charge < -0.3 is 19.1 Å². The van der Waals surface area contributed by atoms with Crippen molar-refractivity contribution in [3.05, 3.63) is 30.4 Å². The number of aromatic nitrogens is 2. The molecule has 3 aliphatic rings. The molecule has 3 aliphatic heterocycles. The van der Waals surface area contributed by atoms with Crippen LogP contribution >= 0.6 is 0 Å². The van der Waals surface area contributed by atoms with Gasteiger partial charge in [-0.25, -0.2) is 4.98 Å². The Balaban J connectivity index is 1.57. The number of likely N-dealkylation sites (tertiary alicyclic amines) is 1. The highest BCUT2D eigenvalue weighted by Crippen LogP contribution is 2.52. The molecule has 2 amide bonds. The van der Waals surface area contributed by atoms with E-state index in [4.69, 9.17) is 4.74 Å². The van der Waals surface area contributed by atoms with Crippen LogP contribution in [0.1, 0.15) is 32.5 Å². The van der Waals surface area contributed by atoms with Gasteiger partial charge in [0, 0.05) is 32.5 Å². The van der Waals surface area contributed by atoms with E-state index in [0.717, 1.165) is 18.7 Å². The van der Waals surface area contributed by atoms with Crippen molar-refractivity contribution in [1.82, 2.24) is 19.4 Å². The van der Waals surface area contributed by atoms with Crippen molar-refractivity contribution in [1.29, 1.82) is 0 Å². The van der Waals surface area contributed by atoms with E-state index in [-0.39, 0.29) is 24.0 Å². The normalized spacial score (nSPS) is 31.2. The topological polar surface area (TPSA) is 67.7 Å². The van der Waals surface area contributed by atoms with Crippen molar-refractivity contribution in [2.24, 2.45) is 18.9 Å². The number of amides is 2. The Morgan fingerprint density at radius 3 is 2.81 bits per heavy atom. The van der Waals surface area contributed by atoms with E-state index in [9.17, 15) is 9.59 Å². The molecule has 1 aromatic heterocycles. The summed E-state index contributed by atoms with van der Waals surface area (Å²) in [5.74, 6) is -0.0219. The summed E-state index contributed by atoms with van der Waals surface area (Å²) in [5.41, 5.74) is -0.630. The molecule has 0 aliphatic carbocycles. The van der Waals surface area contributed by atoms with E-state index in [1.165, 1.54) is 0 Å². The van der Waals surface area contributed by atoms with Gasteiger partial charge in [0.05, 0.1) is 31.0 Å². The zero-order valence-corrected chi connectivity index (χ0v) is 16.5. The van der Waals surface area contributed by atoms with Gasteiger partial charge in [0.2, 0.25) is 11.8 Å². The van der Waals surface area contributed by atoms with Crippen molar-refractivity contribution in [3.63, 3.8) is 0 Å². The van der Waals surface area contributed by atoms with Gasteiger partial charge in [0.25, 0.3) is 0 Å². The van der Waals surface area contributed by atoms with E-state index in [1.54, 1.807) is 18.1 Å². The lowest BCUT2D eigenvalue weighted by Crippen LogP contribution is -2.45. The number of aryl methyl sites for hydroxylation is 1. The van der Waals surface area contributed by atoms with E-state index in [1.807, 2.05) is 34.9 Å². The largest absolute Gasteiger partial charge is 0.360 e. The van der Waals surface area contributed by atoms with Crippen molar-refractivity contribution in [2.45, 2.75) is 51.0 Å². The summed E-state index contributed by atoms with van der Waals surface area (Å²) in [4.78, 5) is 34.5. The Labute approximate surface area is 160 Å². The number of carbonyl (C=O) groups excluding carboxylic acids is 2. The van der Waals surface area contributed by atoms with Gasteiger partial charge in [-0.1, -0.05) is 26.0 Å². The standard InChI is InChI=1S/C20H28N4O3/c1-5-13(6-2)24-12-20-8-7-14(27-20)16(17(20)19(24)26)18(25)23(4)11-15-21-9-10-22(15)3/h7-10,13-14,16-17H,5-6,11-12H2,1-4H3/t14-,16-,17-,20-/m0/s1. The Morgan fingerprint density at radius 1 is 1.44 bits per heavy atom. The summed E-state index contributed by atoms with van der Waals surface area (Å²) in [6, 6.07) is 0.203. The lowest BCUT2D eigenvalue weighted by molar-refractivity contribution is -0.143. The molecular formula is C20H28N4O3. The van der Waals surface area contributed by atoms with Crippen LogP contribution in [-0.4, -0.2) is 62.5 Å². The maximum atomic E-state index is 13.3. The minimum atomic E-state index is -0.630. The smallest absolute Gasteiger partial charge is 0.230 e. The summed E-state index contributed by atoms with van der Waals surface area (Å²) < 4.78 is 8.13. The maximum absolute atomic E-state index is 13.3. The van der Waals surface area contributed by atoms with Crippen LogP contribution in [-0.2, 0) is 27.9 Å². The molecule has 1 spiro atoms. The summed E-state index contributed by atoms with van der Waals surface area (Å²) in [6.45, 7) is 5.18. The highest BCUT2D eigenvalue weighted by atomic mass is 16.5. The third kappa shape index (κ3) is 2.63. The van der Waals surface area contributed by atoms with Crippen LogP contribution in [0.25, 0.3) is 0 Å². The Bertz CT molecular complexity index is 784. The fraction of sp³-hybridized carbons (Fsp3) is 0.650. The Hall–Kier alpha value is -2.15. The van der Waals surface area contributed by atoms with Crippen LogP contribution in [0.4, 0.5) is 0 Å². The zero-order chi connectivity index (χ0) is 19.3. The average Bonchev–Trinajstić information content (AvgIpc) is 3.39. The second kappa shape index (κ2) is 6.48. The zero-order valence-electron chi connectivity index (χ0n) is 16.5. The first kappa shape index (κ1) is 18.2. The fourth-order valence-electron chi connectivity index (χ4n) is 4.94. The predicted octanol–water partition coefficient (Wildman–Crippen LogP) is 1.35. The molecular weight excluding hydrogens is 344 g/mol. The molecule has 2 saturated heterocycles. The summed E-state index contributed by atoms with van der Waals surface area (Å²) in [7, 11) is 3.69. The number of imidazole rings is 1. The van der Waals surface area contributed by atoms with E-state index in [0.29, 0.717) is 13.1 Å². The molecule has 0 unspecified atom stereocenters. The predicted molar refractivity (Wildman–Crippen MR) is 99.5 cm³/mol. The summed E-state index contributed by atoms with van der Waals surface area (Å²) in [6.07, 6.45) is 9.09. The number of rotatable bonds is 6. The van der Waals surface area contributed by atoms with Crippen LogP contribution < -0.4 is 0 Å². The molecule has 7 nitrogen and oxygen atoms in total. The van der Waals surface area contributed by atoms with Crippen molar-refractivity contribution >= 4 is 11.8 Å². The number of hydrogen-bond acceptors (Lipinski definition) is 4. The molecule has 0 N–H and O–H groups in total. The third-order valence-electron chi connectivity index (χ3n) is 6.47. The number of ether oxygens (including phenoxy) is 1. The number of nitrogens with zero attached hydrogens (tertiary/aromatic N) is 4. The van der Waals surface area contributed by atoms with Crippen molar-refractivity contribution in [3.8, 4) is 0 Å². The first-order chi connectivity index (χ1) is 12.9. The van der Waals surface area contributed by atoms with E-state index < -0.39 is 17.4 Å². The lowest BCUT2D eigenvalue weighted by atomic mass is 9.76. The van der Waals surface area contributed by atoms with Crippen LogP contribution in [0.3, 0.4) is 0 Å². The van der Waals surface area contributed by atoms with Gasteiger partial charge in [0.1, 0.15) is 11.4 Å². The van der Waals surface area contributed by atoms with Gasteiger partial charge in [-0.3, -0.25) is 9.59 Å². The molecule has 146 valence electrons. The van der Waals surface area contributed by atoms with Crippen LogP contribution in [0.15, 0.2) is 24.5 Å². The number of hydrogen-bond donors (Lipinski definition) is 0. The fourth-order valence-corrected chi connectivity index (χ4v) is 4.94. The van der Waals surface area contributed by atoms with Gasteiger partial charge in [-0.2, -0.15) is 0 Å². The second-order valence-corrected chi connectivity index (χ2v) is 7.99. The maximum Gasteiger partial charge on any atom is 0.230 e. The van der Waals surface area contributed by atoms with Crippen LogP contribution in [0.2, 0.25) is 0 Å². The van der Waals surface area contributed by atoms with Gasteiger partial charge in [0.15, 0.2) is 0 Å². The minimum Gasteiger partial charge on any atom is -0.360 e. The molecule has 4 rings (SSSR count). The monoisotopic (exact) mass is 372 g/mol. The quantitative estimate of drug-likeness (QED) is 0.707. The molecule has 7 heteroatoms. The second-order valence-electron chi connectivity index (χ2n) is 7.99. The van der Waals surface area contributed by atoms with E-state index in [2.05, 4.69) is 18.8 Å². The first-order valence-corrected chi connectivity index (χ1v) is 9.80. The molecule has 0 saturated carbocycles. The summed E-state index contributed by atoms with van der Waals surface area (Å²) in [5, 5.41) is 0. The number of carbonyl (C=O) groups is 2. The Morgan fingerprint density at radius 2 is 2.19 bits per heavy atom. The van der Waals surface area contributed by atoms with Gasteiger partial charge in [-0.15, -0.1) is 0 Å². The van der Waals surface area contributed by atoms with Gasteiger partial charge >= 0.3 is 0 Å². The highest BCUT2D eigenvalue weighted by Gasteiger charge is 2.67. The Kier molecular flexibility index (Phi) is 4.37. The highest BCUT2D eigenvalue weighted by molar-refractivity contribution is 5.93. The molecule has 4 atom stereocenters. The van der Waals surface area contributed by atoms with Crippen LogP contribution in [0, 0.1) is 11.8 Å². The van der Waals surface area contributed by atoms with Crippen LogP contribution in [0.5, 0.6) is 0 Å². The van der Waals surface area contributed by atoms with Crippen molar-refractivity contribution in [2.75, 3.05) is 13.6 Å². The SMILES string of the molecule is CCC(CC)N1C[C@]23C=C[C@H](O2)[C@H](C(=O)N(C)Cc2nccn2C)[C@H]3C1=O. The molecule has 2 bridgehead atoms. The molecule has 4 heterocycles. The van der Waals surface area contributed by atoms with Crippen molar-refractivity contribution < 1.29 is 14.3 Å². The summed E-state index contributed by atoms with van der Waals surface area (Å²) >= 11 is 0. The minimum absolute atomic E-state index is 0.0426. The molecule has 27 heavy (non-hydrogen) atoms. The molecule has 0 aromatic carbocycles. The van der Waals surface area contributed by atoms with Gasteiger partial charge in [-0.05, 0) is 12.8 Å². The average molecular weight is 372 g/mol. The molecule has 1 aromatic rings. The molecule has 0 radical (unpaired) electrons. The first-order valence-electron chi connectivity index (χ1n) is 9.80. The lowest BCUT2D eigenvalue weighted by Gasteiger charge is -2.29. The van der Waals surface area contributed by atoms with E-state index >= 15 is 0 Å². The third-order valence-corrected chi connectivity index (χ3v) is 6.47.